The lowest BCUT2D eigenvalue weighted by molar-refractivity contribution is 0.0269. The van der Waals surface area contributed by atoms with Crippen molar-refractivity contribution in [2.75, 3.05) is 0 Å². The van der Waals surface area contributed by atoms with Crippen LogP contribution in [0, 0.1) is 17.8 Å². The van der Waals surface area contributed by atoms with Gasteiger partial charge in [-0.3, -0.25) is 0 Å². The van der Waals surface area contributed by atoms with Gasteiger partial charge in [-0.1, -0.05) is 19.8 Å². The monoisotopic (exact) mass is 207 g/mol. The van der Waals surface area contributed by atoms with E-state index in [4.69, 9.17) is 0 Å². The van der Waals surface area contributed by atoms with Crippen LogP contribution in [0.1, 0.15) is 58.8 Å². The molecule has 0 radical (unpaired) electrons. The molecular formula is C14H25N. The molecule has 5 unspecified atom stereocenters. The van der Waals surface area contributed by atoms with Gasteiger partial charge < -0.3 is 5.32 Å². The van der Waals surface area contributed by atoms with Crippen LogP contribution in [0.25, 0.3) is 0 Å². The van der Waals surface area contributed by atoms with E-state index in [-0.39, 0.29) is 0 Å². The Morgan fingerprint density at radius 3 is 2.67 bits per heavy atom. The number of rotatable bonds is 0. The van der Waals surface area contributed by atoms with Crippen molar-refractivity contribution in [3.8, 4) is 0 Å². The average Bonchev–Trinajstić information content (AvgIpc) is 2.60. The zero-order valence-corrected chi connectivity index (χ0v) is 10.3. The Labute approximate surface area is 94.0 Å². The molecule has 1 saturated heterocycles. The molecule has 1 aliphatic heterocycles. The first-order valence-electron chi connectivity index (χ1n) is 6.98. The molecule has 3 fully saturated rings. The number of hydrogen-bond donors (Lipinski definition) is 1. The third kappa shape index (κ3) is 1.46. The van der Waals surface area contributed by atoms with Crippen molar-refractivity contribution in [3.05, 3.63) is 0 Å². The molecule has 0 aromatic rings. The molecule has 3 aliphatic rings. The van der Waals surface area contributed by atoms with Crippen LogP contribution in [0.3, 0.4) is 0 Å². The summed E-state index contributed by atoms with van der Waals surface area (Å²) in [4.78, 5) is 0. The maximum absolute atomic E-state index is 3.97. The molecule has 2 saturated carbocycles. The highest BCUT2D eigenvalue weighted by Gasteiger charge is 2.51. The van der Waals surface area contributed by atoms with Gasteiger partial charge in [0, 0.05) is 11.6 Å². The fourth-order valence-corrected chi connectivity index (χ4v) is 4.85. The molecule has 2 aliphatic carbocycles. The molecule has 1 nitrogen and oxygen atoms in total. The predicted octanol–water partition coefficient (Wildman–Crippen LogP) is 3.34. The van der Waals surface area contributed by atoms with Gasteiger partial charge in [-0.15, -0.1) is 0 Å². The van der Waals surface area contributed by atoms with Gasteiger partial charge in [-0.25, -0.2) is 0 Å². The van der Waals surface area contributed by atoms with Crippen molar-refractivity contribution >= 4 is 0 Å². The molecule has 1 heteroatoms. The highest BCUT2D eigenvalue weighted by Crippen LogP contribution is 2.52. The largest absolute Gasteiger partial charge is 0.308 e. The minimum absolute atomic E-state index is 0.552. The van der Waals surface area contributed by atoms with Crippen LogP contribution < -0.4 is 5.32 Å². The minimum Gasteiger partial charge on any atom is -0.308 e. The molecular weight excluding hydrogens is 182 g/mol. The fraction of sp³-hybridized carbons (Fsp3) is 1.00. The van der Waals surface area contributed by atoms with Crippen LogP contribution in [0.5, 0.6) is 0 Å². The molecule has 2 bridgehead atoms. The summed E-state index contributed by atoms with van der Waals surface area (Å²) in [6.07, 6.45) is 10.4. The Balaban J connectivity index is 1.86. The Kier molecular flexibility index (Phi) is 2.35. The Hall–Kier alpha value is -0.0400. The summed E-state index contributed by atoms with van der Waals surface area (Å²) in [5.74, 6) is 3.00. The maximum atomic E-state index is 3.97. The third-order valence-electron chi connectivity index (χ3n) is 5.58. The van der Waals surface area contributed by atoms with Crippen LogP contribution in [-0.2, 0) is 0 Å². The molecule has 15 heavy (non-hydrogen) atoms. The van der Waals surface area contributed by atoms with Gasteiger partial charge in [-0.2, -0.15) is 0 Å². The van der Waals surface area contributed by atoms with Crippen molar-refractivity contribution in [1.29, 1.82) is 0 Å². The first kappa shape index (κ1) is 10.1. The van der Waals surface area contributed by atoms with Crippen molar-refractivity contribution in [2.24, 2.45) is 17.8 Å². The molecule has 3 rings (SSSR count). The van der Waals surface area contributed by atoms with E-state index in [1.165, 1.54) is 44.9 Å². The van der Waals surface area contributed by atoms with Crippen LogP contribution in [-0.4, -0.2) is 11.6 Å². The Morgan fingerprint density at radius 1 is 1.07 bits per heavy atom. The lowest BCUT2D eigenvalue weighted by Crippen LogP contribution is -2.57. The second kappa shape index (κ2) is 3.48. The summed E-state index contributed by atoms with van der Waals surface area (Å²) in [6.45, 7) is 4.88. The zero-order valence-electron chi connectivity index (χ0n) is 10.3. The van der Waals surface area contributed by atoms with E-state index in [0.717, 1.165) is 23.8 Å². The van der Waals surface area contributed by atoms with E-state index < -0.39 is 0 Å². The second-order valence-corrected chi connectivity index (χ2v) is 6.49. The smallest absolute Gasteiger partial charge is 0.0238 e. The van der Waals surface area contributed by atoms with Crippen LogP contribution in [0.15, 0.2) is 0 Å². The van der Waals surface area contributed by atoms with Gasteiger partial charge in [0.1, 0.15) is 0 Å². The van der Waals surface area contributed by atoms with E-state index in [9.17, 15) is 0 Å². The summed E-state index contributed by atoms with van der Waals surface area (Å²) < 4.78 is 0. The van der Waals surface area contributed by atoms with Crippen LogP contribution in [0.4, 0.5) is 0 Å². The molecule has 0 aromatic heterocycles. The highest BCUT2D eigenvalue weighted by molar-refractivity contribution is 5.08. The van der Waals surface area contributed by atoms with Gasteiger partial charge >= 0.3 is 0 Å². The van der Waals surface area contributed by atoms with Gasteiger partial charge in [0.25, 0.3) is 0 Å². The Morgan fingerprint density at radius 2 is 1.93 bits per heavy atom. The average molecular weight is 207 g/mol. The third-order valence-corrected chi connectivity index (χ3v) is 5.58. The zero-order chi connectivity index (χ0) is 10.5. The summed E-state index contributed by atoms with van der Waals surface area (Å²) >= 11 is 0. The van der Waals surface area contributed by atoms with Crippen molar-refractivity contribution in [2.45, 2.75) is 70.4 Å². The van der Waals surface area contributed by atoms with Crippen molar-refractivity contribution in [1.82, 2.24) is 5.32 Å². The quantitative estimate of drug-likeness (QED) is 0.642. The van der Waals surface area contributed by atoms with E-state index in [1.54, 1.807) is 0 Å². The fourth-order valence-electron chi connectivity index (χ4n) is 4.85. The van der Waals surface area contributed by atoms with E-state index in [2.05, 4.69) is 19.2 Å². The van der Waals surface area contributed by atoms with Gasteiger partial charge in [-0.05, 0) is 56.8 Å². The lowest BCUT2D eigenvalue weighted by atomic mass is 9.58. The van der Waals surface area contributed by atoms with Gasteiger partial charge in [0.15, 0.2) is 0 Å². The number of nitrogens with one attached hydrogen (secondary N) is 1. The molecule has 86 valence electrons. The first-order valence-corrected chi connectivity index (χ1v) is 6.98. The molecule has 1 N–H and O–H groups in total. The summed E-state index contributed by atoms with van der Waals surface area (Å²) in [7, 11) is 0. The topological polar surface area (TPSA) is 12.0 Å². The SMILES string of the molecule is CC1CCC2(N1)C(C)CC1CCCC2C1. The van der Waals surface area contributed by atoms with Gasteiger partial charge in [0.2, 0.25) is 0 Å². The standard InChI is InChI=1S/C14H25N/c1-10-8-12-4-3-5-13(9-12)14(10)7-6-11(2)15-14/h10-13,15H,3-9H2,1-2H3. The maximum Gasteiger partial charge on any atom is 0.0238 e. The second-order valence-electron chi connectivity index (χ2n) is 6.49. The molecule has 5 atom stereocenters. The van der Waals surface area contributed by atoms with Crippen molar-refractivity contribution in [3.63, 3.8) is 0 Å². The van der Waals surface area contributed by atoms with Gasteiger partial charge in [0.05, 0.1) is 0 Å². The number of fused-ring (bicyclic) bond motifs is 3. The van der Waals surface area contributed by atoms with E-state index in [1.807, 2.05) is 0 Å². The highest BCUT2D eigenvalue weighted by atomic mass is 15.1. The molecule has 0 aromatic carbocycles. The van der Waals surface area contributed by atoms with Crippen molar-refractivity contribution < 1.29 is 0 Å². The Bertz CT molecular complexity index is 248. The first-order chi connectivity index (χ1) is 7.21. The normalized spacial score (nSPS) is 54.8. The molecule has 0 amide bonds. The van der Waals surface area contributed by atoms with E-state index >= 15 is 0 Å². The van der Waals surface area contributed by atoms with Crippen LogP contribution >= 0.6 is 0 Å². The minimum atomic E-state index is 0.552. The number of hydrogen-bond acceptors (Lipinski definition) is 1. The lowest BCUT2D eigenvalue weighted by Gasteiger charge is -2.52. The summed E-state index contributed by atoms with van der Waals surface area (Å²) in [5.41, 5.74) is 0.552. The van der Waals surface area contributed by atoms with E-state index in [0.29, 0.717) is 5.54 Å². The van der Waals surface area contributed by atoms with Crippen LogP contribution in [0.2, 0.25) is 0 Å². The molecule has 1 spiro atoms. The summed E-state index contributed by atoms with van der Waals surface area (Å²) in [6, 6.07) is 0.769. The predicted molar refractivity (Wildman–Crippen MR) is 63.8 cm³/mol. The molecule has 1 heterocycles. The summed E-state index contributed by atoms with van der Waals surface area (Å²) in [5, 5.41) is 3.97.